The number of ether oxygens (including phenoxy) is 1. The molecule has 1 aromatic carbocycles. The Bertz CT molecular complexity index is 834. The van der Waals surface area contributed by atoms with Gasteiger partial charge in [-0.05, 0) is 47.2 Å². The van der Waals surface area contributed by atoms with Crippen molar-refractivity contribution in [2.24, 2.45) is 0 Å². The molecular weight excluding hydrogens is 544 g/mol. The lowest BCUT2D eigenvalue weighted by Gasteiger charge is -2.40. The summed E-state index contributed by atoms with van der Waals surface area (Å²) in [5.74, 6) is -0.993. The number of aliphatic hydroxyl groups excluding tert-OH is 2. The topological polar surface area (TPSA) is 99.1 Å². The van der Waals surface area contributed by atoms with E-state index in [1.807, 2.05) is 22.6 Å². The van der Waals surface area contributed by atoms with Gasteiger partial charge in [0.2, 0.25) is 11.8 Å². The average molecular weight is 570 g/mol. The normalized spacial score (nSPS) is 21.0. The Morgan fingerprint density at radius 3 is 2.59 bits per heavy atom. The largest absolute Gasteiger partial charge is 0.482 e. The summed E-state index contributed by atoms with van der Waals surface area (Å²) < 4.78 is 46.4. The van der Waals surface area contributed by atoms with Crippen LogP contribution < -0.4 is 10.1 Å². The minimum absolute atomic E-state index is 0.0491. The first-order chi connectivity index (χ1) is 15.1. The van der Waals surface area contributed by atoms with Gasteiger partial charge in [0, 0.05) is 25.0 Å². The molecule has 2 amide bonds. The molecule has 11 heteroatoms. The number of para-hydroxylation sites is 1. The summed E-state index contributed by atoms with van der Waals surface area (Å²) in [6, 6.07) is 5.53. The molecule has 7 nitrogen and oxygen atoms in total. The van der Waals surface area contributed by atoms with E-state index in [-0.39, 0.29) is 31.6 Å². The Labute approximate surface area is 197 Å². The number of alkyl halides is 3. The van der Waals surface area contributed by atoms with E-state index >= 15 is 0 Å². The van der Waals surface area contributed by atoms with Gasteiger partial charge in [0.1, 0.15) is 24.5 Å². The molecule has 0 saturated heterocycles. The fourth-order valence-corrected chi connectivity index (χ4v) is 3.92. The maximum atomic E-state index is 13.3. The standard InChI is InChI=1S/C21H26F3IN2O5/c1-2-5-18(29)27(12-21(22,23)24)15-10-13(20(31)26-8-9-28)11-17(19(15)30)32-16-7-4-3-6-14(16)25/h3-4,6-7,11,15,17,19,28,30H,2,5,8-10,12H2,1H3,(H,26,31)/t15-,17+,19+/m1/s1. The number of carbonyl (C=O) groups is 2. The fraction of sp³-hybridized carbons (Fsp3) is 0.524. The summed E-state index contributed by atoms with van der Waals surface area (Å²) in [6.07, 6.45) is -6.07. The highest BCUT2D eigenvalue weighted by Crippen LogP contribution is 2.31. The lowest BCUT2D eigenvalue weighted by atomic mass is 9.88. The quantitative estimate of drug-likeness (QED) is 0.397. The van der Waals surface area contributed by atoms with Crippen LogP contribution in [0.25, 0.3) is 0 Å². The molecule has 0 radical (unpaired) electrons. The number of amides is 2. The van der Waals surface area contributed by atoms with Gasteiger partial charge in [0.05, 0.1) is 16.2 Å². The van der Waals surface area contributed by atoms with E-state index in [1.54, 1.807) is 31.2 Å². The van der Waals surface area contributed by atoms with Gasteiger partial charge in [0.25, 0.3) is 0 Å². The minimum atomic E-state index is -4.69. The predicted molar refractivity (Wildman–Crippen MR) is 119 cm³/mol. The molecule has 2 rings (SSSR count). The number of hydrogen-bond donors (Lipinski definition) is 3. The van der Waals surface area contributed by atoms with Crippen LogP contribution in [0.2, 0.25) is 0 Å². The van der Waals surface area contributed by atoms with Crippen molar-refractivity contribution in [2.75, 3.05) is 19.7 Å². The van der Waals surface area contributed by atoms with E-state index < -0.39 is 42.8 Å². The molecule has 1 aliphatic rings. The molecule has 1 aliphatic carbocycles. The molecule has 0 fully saturated rings. The second-order valence-corrected chi connectivity index (χ2v) is 8.50. The third-order valence-corrected chi connectivity index (χ3v) is 5.74. The second-order valence-electron chi connectivity index (χ2n) is 7.33. The van der Waals surface area contributed by atoms with Crippen LogP contribution in [0.1, 0.15) is 26.2 Å². The predicted octanol–water partition coefficient (Wildman–Crippen LogP) is 2.40. The third kappa shape index (κ3) is 7.34. The molecule has 0 heterocycles. The molecule has 3 N–H and O–H groups in total. The number of hydrogen-bond acceptors (Lipinski definition) is 5. The number of rotatable bonds is 9. The lowest BCUT2D eigenvalue weighted by Crippen LogP contribution is -2.57. The van der Waals surface area contributed by atoms with E-state index in [0.29, 0.717) is 20.6 Å². The zero-order valence-corrected chi connectivity index (χ0v) is 19.6. The summed E-state index contributed by atoms with van der Waals surface area (Å²) in [5, 5.41) is 22.3. The van der Waals surface area contributed by atoms with Crippen LogP contribution in [-0.4, -0.2) is 71.0 Å². The highest BCUT2D eigenvalue weighted by Gasteiger charge is 2.44. The molecule has 0 saturated carbocycles. The smallest absolute Gasteiger partial charge is 0.406 e. The van der Waals surface area contributed by atoms with Crippen molar-refractivity contribution in [1.29, 1.82) is 0 Å². The molecule has 32 heavy (non-hydrogen) atoms. The molecule has 0 aromatic heterocycles. The van der Waals surface area contributed by atoms with Gasteiger partial charge in [-0.15, -0.1) is 0 Å². The van der Waals surface area contributed by atoms with Gasteiger partial charge in [-0.25, -0.2) is 0 Å². The van der Waals surface area contributed by atoms with Crippen LogP contribution in [0, 0.1) is 3.57 Å². The molecule has 1 aromatic rings. The van der Waals surface area contributed by atoms with Crippen molar-refractivity contribution in [3.05, 3.63) is 39.5 Å². The van der Waals surface area contributed by atoms with E-state index in [2.05, 4.69) is 5.32 Å². The summed E-state index contributed by atoms with van der Waals surface area (Å²) >= 11 is 2.01. The van der Waals surface area contributed by atoms with E-state index in [4.69, 9.17) is 9.84 Å². The number of nitrogens with one attached hydrogen (secondary N) is 1. The average Bonchev–Trinajstić information content (AvgIpc) is 2.73. The van der Waals surface area contributed by atoms with Crippen LogP contribution in [0.3, 0.4) is 0 Å². The van der Waals surface area contributed by atoms with Crippen LogP contribution in [0.5, 0.6) is 5.75 Å². The zero-order chi connectivity index (χ0) is 23.9. The molecular formula is C21H26F3IN2O5. The Morgan fingerprint density at radius 2 is 2.00 bits per heavy atom. The monoisotopic (exact) mass is 570 g/mol. The Balaban J connectivity index is 2.42. The molecule has 3 atom stereocenters. The summed E-state index contributed by atoms with van der Waals surface area (Å²) in [4.78, 5) is 25.7. The van der Waals surface area contributed by atoms with Gasteiger partial charge < -0.3 is 25.2 Å². The van der Waals surface area contributed by atoms with Crippen LogP contribution >= 0.6 is 22.6 Å². The van der Waals surface area contributed by atoms with Gasteiger partial charge in [0.15, 0.2) is 0 Å². The fourth-order valence-electron chi connectivity index (χ4n) is 3.41. The van der Waals surface area contributed by atoms with Crippen LogP contribution in [-0.2, 0) is 9.59 Å². The van der Waals surface area contributed by atoms with Crippen molar-refractivity contribution < 1.29 is 37.7 Å². The van der Waals surface area contributed by atoms with Crippen molar-refractivity contribution in [1.82, 2.24) is 10.2 Å². The Hall–Kier alpha value is -1.86. The molecule has 0 spiro atoms. The highest BCUT2D eigenvalue weighted by molar-refractivity contribution is 14.1. The van der Waals surface area contributed by atoms with Crippen LogP contribution in [0.4, 0.5) is 13.2 Å². The molecule has 0 aliphatic heterocycles. The minimum Gasteiger partial charge on any atom is -0.482 e. The SMILES string of the molecule is CCCC(=O)N(CC(F)(F)F)[C@@H]1CC(C(=O)NCCO)=C[C@H](Oc2ccccc2I)[C@H]1O. The zero-order valence-electron chi connectivity index (χ0n) is 17.4. The Morgan fingerprint density at radius 1 is 1.31 bits per heavy atom. The maximum absolute atomic E-state index is 13.3. The third-order valence-electron chi connectivity index (χ3n) is 4.85. The van der Waals surface area contributed by atoms with Gasteiger partial charge in [-0.3, -0.25) is 9.59 Å². The summed E-state index contributed by atoms with van der Waals surface area (Å²) in [5.41, 5.74) is 0.0705. The molecule has 0 bridgehead atoms. The molecule has 178 valence electrons. The first-order valence-electron chi connectivity index (χ1n) is 10.1. The number of nitrogens with zero attached hydrogens (tertiary/aromatic N) is 1. The number of benzene rings is 1. The summed E-state index contributed by atoms with van der Waals surface area (Å²) in [6.45, 7) is -0.249. The maximum Gasteiger partial charge on any atom is 0.406 e. The van der Waals surface area contributed by atoms with Gasteiger partial charge in [-0.2, -0.15) is 13.2 Å². The number of carbonyl (C=O) groups excluding carboxylic acids is 2. The molecule has 0 unspecified atom stereocenters. The van der Waals surface area contributed by atoms with E-state index in [1.165, 1.54) is 6.08 Å². The van der Waals surface area contributed by atoms with E-state index in [0.717, 1.165) is 0 Å². The van der Waals surface area contributed by atoms with Crippen molar-refractivity contribution >= 4 is 34.4 Å². The number of aliphatic hydroxyl groups is 2. The van der Waals surface area contributed by atoms with Crippen molar-refractivity contribution in [3.63, 3.8) is 0 Å². The first-order valence-corrected chi connectivity index (χ1v) is 11.2. The van der Waals surface area contributed by atoms with Crippen molar-refractivity contribution in [2.45, 2.75) is 50.6 Å². The van der Waals surface area contributed by atoms with Gasteiger partial charge >= 0.3 is 6.18 Å². The summed E-state index contributed by atoms with van der Waals surface area (Å²) in [7, 11) is 0. The second kappa shape index (κ2) is 11.8. The van der Waals surface area contributed by atoms with Crippen LogP contribution in [0.15, 0.2) is 35.9 Å². The highest BCUT2D eigenvalue weighted by atomic mass is 127. The lowest BCUT2D eigenvalue weighted by molar-refractivity contribution is -0.172. The van der Waals surface area contributed by atoms with Crippen molar-refractivity contribution in [3.8, 4) is 5.75 Å². The number of halogens is 4. The first kappa shape index (κ1) is 26.4. The Kier molecular flexibility index (Phi) is 9.77. The van der Waals surface area contributed by atoms with E-state index in [9.17, 15) is 27.9 Å². The van der Waals surface area contributed by atoms with Gasteiger partial charge in [-0.1, -0.05) is 19.1 Å².